The van der Waals surface area contributed by atoms with Gasteiger partial charge in [-0.15, -0.1) is 11.3 Å². The zero-order valence-corrected chi connectivity index (χ0v) is 12.8. The third-order valence-corrected chi connectivity index (χ3v) is 4.55. The molecule has 0 saturated heterocycles. The maximum absolute atomic E-state index is 12.3. The summed E-state index contributed by atoms with van der Waals surface area (Å²) in [6.45, 7) is 3.90. The van der Waals surface area contributed by atoms with Crippen LogP contribution in [0.2, 0.25) is 0 Å². The SMILES string of the molecule is CC(C)[C@@H](NC(=O)c1cccs1)C(=O)NC1CCCC1. The Kier molecular flexibility index (Phi) is 5.17. The molecule has 2 rings (SSSR count). The lowest BCUT2D eigenvalue weighted by molar-refractivity contribution is -0.124. The van der Waals surface area contributed by atoms with E-state index in [9.17, 15) is 9.59 Å². The lowest BCUT2D eigenvalue weighted by atomic mass is 10.0. The standard InChI is InChI=1S/C15H22N2O2S/c1-10(2)13(15(19)16-11-6-3-4-7-11)17-14(18)12-8-5-9-20-12/h5,8-11,13H,3-4,6-7H2,1-2H3,(H,16,19)(H,17,18)/t13-/m1/s1. The minimum Gasteiger partial charge on any atom is -0.352 e. The van der Waals surface area contributed by atoms with Gasteiger partial charge in [0.15, 0.2) is 0 Å². The summed E-state index contributed by atoms with van der Waals surface area (Å²) < 4.78 is 0. The molecule has 1 heterocycles. The highest BCUT2D eigenvalue weighted by Crippen LogP contribution is 2.18. The van der Waals surface area contributed by atoms with Crippen molar-refractivity contribution in [3.05, 3.63) is 22.4 Å². The molecule has 2 amide bonds. The van der Waals surface area contributed by atoms with Gasteiger partial charge in [-0.2, -0.15) is 0 Å². The van der Waals surface area contributed by atoms with Crippen LogP contribution in [-0.4, -0.2) is 23.9 Å². The van der Waals surface area contributed by atoms with Crippen molar-refractivity contribution in [3.63, 3.8) is 0 Å². The van der Waals surface area contributed by atoms with Crippen LogP contribution in [-0.2, 0) is 4.79 Å². The second-order valence-corrected chi connectivity index (χ2v) is 6.61. The van der Waals surface area contributed by atoms with Gasteiger partial charge in [-0.05, 0) is 30.2 Å². The van der Waals surface area contributed by atoms with E-state index in [1.54, 1.807) is 6.07 Å². The first-order valence-corrected chi connectivity index (χ1v) is 8.10. The predicted molar refractivity (Wildman–Crippen MR) is 80.8 cm³/mol. The van der Waals surface area contributed by atoms with Gasteiger partial charge in [-0.25, -0.2) is 0 Å². The van der Waals surface area contributed by atoms with Gasteiger partial charge in [-0.3, -0.25) is 9.59 Å². The molecule has 1 saturated carbocycles. The number of carbonyl (C=O) groups excluding carboxylic acids is 2. The first kappa shape index (κ1) is 15.0. The summed E-state index contributed by atoms with van der Waals surface area (Å²) in [4.78, 5) is 25.0. The molecule has 5 heteroatoms. The molecule has 20 heavy (non-hydrogen) atoms. The molecule has 2 N–H and O–H groups in total. The van der Waals surface area contributed by atoms with Crippen LogP contribution in [0.1, 0.15) is 49.2 Å². The van der Waals surface area contributed by atoms with Gasteiger partial charge in [0.1, 0.15) is 6.04 Å². The Bertz CT molecular complexity index is 450. The number of amides is 2. The number of hydrogen-bond donors (Lipinski definition) is 2. The summed E-state index contributed by atoms with van der Waals surface area (Å²) in [6.07, 6.45) is 4.46. The summed E-state index contributed by atoms with van der Waals surface area (Å²) in [5.41, 5.74) is 0. The van der Waals surface area contributed by atoms with Crippen molar-refractivity contribution in [1.29, 1.82) is 0 Å². The Labute approximate surface area is 124 Å². The Morgan fingerprint density at radius 2 is 2.00 bits per heavy atom. The number of hydrogen-bond acceptors (Lipinski definition) is 3. The van der Waals surface area contributed by atoms with Crippen molar-refractivity contribution in [2.75, 3.05) is 0 Å². The molecule has 1 aliphatic rings. The minimum absolute atomic E-state index is 0.0585. The zero-order valence-electron chi connectivity index (χ0n) is 12.0. The van der Waals surface area contributed by atoms with Crippen molar-refractivity contribution >= 4 is 23.2 Å². The van der Waals surface area contributed by atoms with Crippen LogP contribution in [0.5, 0.6) is 0 Å². The van der Waals surface area contributed by atoms with E-state index in [4.69, 9.17) is 0 Å². The Balaban J connectivity index is 1.95. The summed E-state index contributed by atoms with van der Waals surface area (Å²) in [7, 11) is 0. The molecule has 1 fully saturated rings. The van der Waals surface area contributed by atoms with Crippen molar-refractivity contribution < 1.29 is 9.59 Å². The zero-order chi connectivity index (χ0) is 14.5. The number of thiophene rings is 1. The first-order chi connectivity index (χ1) is 9.58. The molecule has 1 aromatic heterocycles. The van der Waals surface area contributed by atoms with E-state index in [1.807, 2.05) is 25.3 Å². The second-order valence-electron chi connectivity index (χ2n) is 5.66. The van der Waals surface area contributed by atoms with Crippen LogP contribution in [0.15, 0.2) is 17.5 Å². The Morgan fingerprint density at radius 3 is 2.55 bits per heavy atom. The number of rotatable bonds is 5. The normalized spacial score (nSPS) is 17.1. The monoisotopic (exact) mass is 294 g/mol. The van der Waals surface area contributed by atoms with E-state index in [2.05, 4.69) is 10.6 Å². The molecule has 0 aromatic carbocycles. The highest BCUT2D eigenvalue weighted by Gasteiger charge is 2.27. The molecule has 1 aromatic rings. The Morgan fingerprint density at radius 1 is 1.30 bits per heavy atom. The van der Waals surface area contributed by atoms with E-state index < -0.39 is 6.04 Å². The second kappa shape index (κ2) is 6.88. The van der Waals surface area contributed by atoms with Crippen molar-refractivity contribution in [3.8, 4) is 0 Å². The summed E-state index contributed by atoms with van der Waals surface area (Å²) in [5, 5.41) is 7.77. The fourth-order valence-corrected chi connectivity index (χ4v) is 3.14. The molecule has 0 unspecified atom stereocenters. The molecular weight excluding hydrogens is 272 g/mol. The summed E-state index contributed by atoms with van der Waals surface area (Å²) in [5.74, 6) is -0.155. The van der Waals surface area contributed by atoms with Gasteiger partial charge in [-0.1, -0.05) is 32.8 Å². The Hall–Kier alpha value is -1.36. The fourth-order valence-electron chi connectivity index (χ4n) is 2.52. The van der Waals surface area contributed by atoms with E-state index >= 15 is 0 Å². The van der Waals surface area contributed by atoms with Gasteiger partial charge < -0.3 is 10.6 Å². The smallest absolute Gasteiger partial charge is 0.262 e. The van der Waals surface area contributed by atoms with Crippen molar-refractivity contribution in [2.24, 2.45) is 5.92 Å². The number of nitrogens with one attached hydrogen (secondary N) is 2. The van der Waals surface area contributed by atoms with Crippen LogP contribution in [0, 0.1) is 5.92 Å². The molecule has 0 bridgehead atoms. The molecule has 0 spiro atoms. The minimum atomic E-state index is -0.467. The molecular formula is C15H22N2O2S. The lowest BCUT2D eigenvalue weighted by Crippen LogP contribution is -2.51. The highest BCUT2D eigenvalue weighted by atomic mass is 32.1. The van der Waals surface area contributed by atoms with Crippen LogP contribution in [0.25, 0.3) is 0 Å². The van der Waals surface area contributed by atoms with E-state index in [1.165, 1.54) is 24.2 Å². The maximum atomic E-state index is 12.3. The predicted octanol–water partition coefficient (Wildman–Crippen LogP) is 2.56. The third kappa shape index (κ3) is 3.82. The molecule has 1 atom stereocenters. The molecule has 4 nitrogen and oxygen atoms in total. The van der Waals surface area contributed by atoms with Gasteiger partial charge >= 0.3 is 0 Å². The third-order valence-electron chi connectivity index (χ3n) is 3.68. The van der Waals surface area contributed by atoms with Crippen LogP contribution < -0.4 is 10.6 Å². The molecule has 1 aliphatic carbocycles. The molecule has 0 radical (unpaired) electrons. The maximum Gasteiger partial charge on any atom is 0.262 e. The van der Waals surface area contributed by atoms with Crippen molar-refractivity contribution in [2.45, 2.75) is 51.6 Å². The highest BCUT2D eigenvalue weighted by molar-refractivity contribution is 7.12. The number of carbonyl (C=O) groups is 2. The van der Waals surface area contributed by atoms with Crippen LogP contribution in [0.3, 0.4) is 0 Å². The van der Waals surface area contributed by atoms with Gasteiger partial charge in [0.05, 0.1) is 4.88 Å². The summed E-state index contributed by atoms with van der Waals surface area (Å²) >= 11 is 1.39. The van der Waals surface area contributed by atoms with E-state index in [0.717, 1.165) is 12.8 Å². The average molecular weight is 294 g/mol. The largest absolute Gasteiger partial charge is 0.352 e. The van der Waals surface area contributed by atoms with E-state index in [0.29, 0.717) is 4.88 Å². The van der Waals surface area contributed by atoms with Gasteiger partial charge in [0.2, 0.25) is 5.91 Å². The van der Waals surface area contributed by atoms with Gasteiger partial charge in [0, 0.05) is 6.04 Å². The molecule has 110 valence electrons. The quantitative estimate of drug-likeness (QED) is 0.877. The summed E-state index contributed by atoms with van der Waals surface area (Å²) in [6, 6.07) is 3.42. The molecule has 0 aliphatic heterocycles. The van der Waals surface area contributed by atoms with Crippen LogP contribution >= 0.6 is 11.3 Å². The fraction of sp³-hybridized carbons (Fsp3) is 0.600. The topological polar surface area (TPSA) is 58.2 Å². The average Bonchev–Trinajstić information content (AvgIpc) is 3.07. The van der Waals surface area contributed by atoms with E-state index in [-0.39, 0.29) is 23.8 Å². The van der Waals surface area contributed by atoms with Crippen LogP contribution in [0.4, 0.5) is 0 Å². The lowest BCUT2D eigenvalue weighted by Gasteiger charge is -2.23. The van der Waals surface area contributed by atoms with Crippen molar-refractivity contribution in [1.82, 2.24) is 10.6 Å². The first-order valence-electron chi connectivity index (χ1n) is 7.22. The van der Waals surface area contributed by atoms with Gasteiger partial charge in [0.25, 0.3) is 5.91 Å².